The zero-order valence-electron chi connectivity index (χ0n) is 13.5. The van der Waals surface area contributed by atoms with Crippen LogP contribution in [0.25, 0.3) is 0 Å². The number of anilines is 1. The van der Waals surface area contributed by atoms with E-state index in [-0.39, 0.29) is 11.9 Å². The molecule has 122 valence electrons. The molecule has 1 fully saturated rings. The van der Waals surface area contributed by atoms with Gasteiger partial charge in [-0.3, -0.25) is 4.79 Å². The normalized spacial score (nSPS) is 17.6. The van der Waals surface area contributed by atoms with Crippen molar-refractivity contribution in [2.24, 2.45) is 5.73 Å². The van der Waals surface area contributed by atoms with E-state index in [1.807, 2.05) is 13.0 Å². The van der Waals surface area contributed by atoms with Gasteiger partial charge in [0.15, 0.2) is 0 Å². The van der Waals surface area contributed by atoms with Crippen LogP contribution in [0.1, 0.15) is 35.5 Å². The van der Waals surface area contributed by atoms with E-state index >= 15 is 0 Å². The summed E-state index contributed by atoms with van der Waals surface area (Å²) in [7, 11) is 0. The summed E-state index contributed by atoms with van der Waals surface area (Å²) in [5.74, 6) is -0.221. The Morgan fingerprint density at radius 1 is 1.35 bits per heavy atom. The van der Waals surface area contributed by atoms with E-state index in [0.717, 1.165) is 54.4 Å². The monoisotopic (exact) mass is 329 g/mol. The second-order valence-electron chi connectivity index (χ2n) is 6.09. The van der Waals surface area contributed by atoms with Crippen molar-refractivity contribution in [2.75, 3.05) is 11.4 Å². The number of hydrogen-bond acceptors (Lipinski definition) is 4. The van der Waals surface area contributed by atoms with Crippen LogP contribution in [0.3, 0.4) is 0 Å². The van der Waals surface area contributed by atoms with Crippen LogP contribution in [0.5, 0.6) is 0 Å². The number of carbonyl (C=O) groups excluding carboxylic acids is 1. The Morgan fingerprint density at radius 3 is 2.87 bits per heavy atom. The molecule has 2 aromatic rings. The van der Waals surface area contributed by atoms with Gasteiger partial charge in [-0.1, -0.05) is 30.3 Å². The summed E-state index contributed by atoms with van der Waals surface area (Å²) < 4.78 is 0. The zero-order chi connectivity index (χ0) is 16.2. The predicted octanol–water partition coefficient (Wildman–Crippen LogP) is 3.08. The highest BCUT2D eigenvalue weighted by atomic mass is 32.1. The van der Waals surface area contributed by atoms with Crippen molar-refractivity contribution in [3.63, 3.8) is 0 Å². The van der Waals surface area contributed by atoms with Gasteiger partial charge in [-0.15, -0.1) is 11.3 Å². The van der Waals surface area contributed by atoms with Crippen LogP contribution in [0.15, 0.2) is 30.3 Å². The molecule has 1 atom stereocenters. The summed E-state index contributed by atoms with van der Waals surface area (Å²) in [4.78, 5) is 18.5. The van der Waals surface area contributed by atoms with Gasteiger partial charge in [0.05, 0.1) is 10.7 Å². The Hall–Kier alpha value is -1.88. The second kappa shape index (κ2) is 7.13. The van der Waals surface area contributed by atoms with Gasteiger partial charge >= 0.3 is 0 Å². The highest BCUT2D eigenvalue weighted by Crippen LogP contribution is 2.34. The number of hydrogen-bond donors (Lipinski definition) is 1. The summed E-state index contributed by atoms with van der Waals surface area (Å²) in [5.41, 5.74) is 7.93. The molecule has 23 heavy (non-hydrogen) atoms. The summed E-state index contributed by atoms with van der Waals surface area (Å²) in [6, 6.07) is 10.4. The molecule has 0 saturated carbocycles. The van der Waals surface area contributed by atoms with E-state index < -0.39 is 0 Å². The quantitative estimate of drug-likeness (QED) is 0.886. The molecule has 1 saturated heterocycles. The van der Waals surface area contributed by atoms with Crippen molar-refractivity contribution >= 4 is 22.2 Å². The Labute approximate surface area is 141 Å². The Morgan fingerprint density at radius 2 is 2.13 bits per heavy atom. The van der Waals surface area contributed by atoms with Gasteiger partial charge in [-0.25, -0.2) is 4.98 Å². The fourth-order valence-electron chi connectivity index (χ4n) is 3.21. The number of benzene rings is 1. The molecule has 5 heteroatoms. The minimum absolute atomic E-state index is 0.161. The van der Waals surface area contributed by atoms with Crippen molar-refractivity contribution in [3.8, 4) is 0 Å². The first-order valence-corrected chi connectivity index (χ1v) is 9.03. The molecule has 2 heterocycles. The molecule has 0 bridgehead atoms. The Balaban J connectivity index is 1.63. The van der Waals surface area contributed by atoms with Crippen LogP contribution in [-0.4, -0.2) is 23.5 Å². The topological polar surface area (TPSA) is 59.2 Å². The molecule has 1 aromatic carbocycles. The molecule has 1 aromatic heterocycles. The van der Waals surface area contributed by atoms with Crippen molar-refractivity contribution < 1.29 is 4.79 Å². The van der Waals surface area contributed by atoms with Gasteiger partial charge in [-0.05, 0) is 44.6 Å². The summed E-state index contributed by atoms with van der Waals surface area (Å²) in [5, 5.41) is 2.28. The number of aryl methyl sites for hydroxylation is 3. The van der Waals surface area contributed by atoms with E-state index in [4.69, 9.17) is 10.7 Å². The Kier molecular flexibility index (Phi) is 4.96. The highest BCUT2D eigenvalue weighted by Gasteiger charge is 2.31. The van der Waals surface area contributed by atoms with Gasteiger partial charge in [-0.2, -0.15) is 0 Å². The number of aromatic nitrogens is 1. The van der Waals surface area contributed by atoms with Crippen molar-refractivity contribution in [1.82, 2.24) is 4.98 Å². The largest absolute Gasteiger partial charge is 0.368 e. The Bertz CT molecular complexity index is 668. The first-order chi connectivity index (χ1) is 11.1. The number of rotatable bonds is 6. The average Bonchev–Trinajstić information content (AvgIpc) is 3.15. The van der Waals surface area contributed by atoms with Crippen LogP contribution >= 0.6 is 11.3 Å². The van der Waals surface area contributed by atoms with Gasteiger partial charge in [0, 0.05) is 6.54 Å². The zero-order valence-corrected chi connectivity index (χ0v) is 14.3. The van der Waals surface area contributed by atoms with E-state index in [1.54, 1.807) is 11.3 Å². The van der Waals surface area contributed by atoms with Gasteiger partial charge in [0.1, 0.15) is 11.0 Å². The molecule has 0 aliphatic carbocycles. The van der Waals surface area contributed by atoms with Crippen molar-refractivity contribution in [3.05, 3.63) is 46.6 Å². The van der Waals surface area contributed by atoms with Crippen LogP contribution in [0.4, 0.5) is 5.00 Å². The third-order valence-electron chi connectivity index (χ3n) is 4.36. The van der Waals surface area contributed by atoms with E-state index in [0.29, 0.717) is 0 Å². The molecule has 1 amide bonds. The van der Waals surface area contributed by atoms with Gasteiger partial charge < -0.3 is 10.6 Å². The molecule has 0 radical (unpaired) electrons. The SMILES string of the molecule is Cc1nc(CCCc2ccccc2)sc1N1CCC[C@H]1C(N)=O. The lowest BCUT2D eigenvalue weighted by molar-refractivity contribution is -0.119. The third kappa shape index (κ3) is 3.72. The number of carbonyl (C=O) groups is 1. The number of nitrogens with two attached hydrogens (primary N) is 1. The van der Waals surface area contributed by atoms with Crippen LogP contribution in [0.2, 0.25) is 0 Å². The van der Waals surface area contributed by atoms with E-state index in [2.05, 4.69) is 29.2 Å². The summed E-state index contributed by atoms with van der Waals surface area (Å²) in [6.07, 6.45) is 5.03. The van der Waals surface area contributed by atoms with Gasteiger partial charge in [0.25, 0.3) is 0 Å². The molecule has 4 nitrogen and oxygen atoms in total. The maximum atomic E-state index is 11.6. The maximum absolute atomic E-state index is 11.6. The minimum Gasteiger partial charge on any atom is -0.368 e. The fraction of sp³-hybridized carbons (Fsp3) is 0.444. The smallest absolute Gasteiger partial charge is 0.240 e. The average molecular weight is 329 g/mol. The number of amides is 1. The number of nitrogens with zero attached hydrogens (tertiary/aromatic N) is 2. The second-order valence-corrected chi connectivity index (χ2v) is 7.15. The lowest BCUT2D eigenvalue weighted by atomic mass is 10.1. The first-order valence-electron chi connectivity index (χ1n) is 8.21. The third-order valence-corrected chi connectivity index (χ3v) is 5.61. The molecule has 0 unspecified atom stereocenters. The van der Waals surface area contributed by atoms with Crippen molar-refractivity contribution in [2.45, 2.75) is 45.1 Å². The maximum Gasteiger partial charge on any atom is 0.240 e. The fourth-order valence-corrected chi connectivity index (χ4v) is 4.39. The van der Waals surface area contributed by atoms with E-state index in [9.17, 15) is 4.79 Å². The van der Waals surface area contributed by atoms with Gasteiger partial charge in [0.2, 0.25) is 5.91 Å². The number of primary amides is 1. The number of thiazole rings is 1. The predicted molar refractivity (Wildman–Crippen MR) is 94.9 cm³/mol. The molecular weight excluding hydrogens is 306 g/mol. The lowest BCUT2D eigenvalue weighted by Gasteiger charge is -2.22. The molecule has 1 aliphatic heterocycles. The van der Waals surface area contributed by atoms with Crippen LogP contribution in [-0.2, 0) is 17.6 Å². The van der Waals surface area contributed by atoms with Crippen LogP contribution < -0.4 is 10.6 Å². The standard InChI is InChI=1S/C18H23N3OS/c1-13-18(21-12-6-10-15(21)17(19)22)23-16(20-13)11-5-9-14-7-3-2-4-8-14/h2-4,7-8,15H,5-6,9-12H2,1H3,(H2,19,22)/t15-/m0/s1. The lowest BCUT2D eigenvalue weighted by Crippen LogP contribution is -2.40. The van der Waals surface area contributed by atoms with Crippen molar-refractivity contribution in [1.29, 1.82) is 0 Å². The summed E-state index contributed by atoms with van der Waals surface area (Å²) in [6.45, 7) is 2.93. The highest BCUT2D eigenvalue weighted by molar-refractivity contribution is 7.15. The minimum atomic E-state index is -0.221. The molecule has 3 rings (SSSR count). The first kappa shape index (κ1) is 16.0. The van der Waals surface area contributed by atoms with Crippen LogP contribution in [0, 0.1) is 6.92 Å². The molecular formula is C18H23N3OS. The molecule has 2 N–H and O–H groups in total. The summed E-state index contributed by atoms with van der Waals surface area (Å²) >= 11 is 1.72. The molecule has 1 aliphatic rings. The molecule has 0 spiro atoms. The van der Waals surface area contributed by atoms with E-state index in [1.165, 1.54) is 5.56 Å².